The molecule has 3 saturated heterocycles. The van der Waals surface area contributed by atoms with Gasteiger partial charge in [-0.2, -0.15) is 0 Å². The molecule has 0 N–H and O–H groups in total. The molecule has 0 spiro atoms. The van der Waals surface area contributed by atoms with Crippen LogP contribution in [0.2, 0.25) is 0 Å². The third-order valence-corrected chi connectivity index (χ3v) is 6.95. The minimum atomic E-state index is -0.664. The van der Waals surface area contributed by atoms with Gasteiger partial charge in [-0.05, 0) is 19.4 Å². The third-order valence-electron chi connectivity index (χ3n) is 6.95. The normalized spacial score (nSPS) is 32.6. The van der Waals surface area contributed by atoms with E-state index in [0.29, 0.717) is 30.9 Å². The number of morpholine rings is 1. The molecule has 6 atom stereocenters. The number of piperidine rings is 1. The Kier molecular flexibility index (Phi) is 5.88. The summed E-state index contributed by atoms with van der Waals surface area (Å²) in [6.45, 7) is 3.83. The molecule has 3 fully saturated rings. The fourth-order valence-electron chi connectivity index (χ4n) is 5.13. The summed E-state index contributed by atoms with van der Waals surface area (Å²) in [5, 5.41) is 0. The van der Waals surface area contributed by atoms with Gasteiger partial charge in [0.25, 0.3) is 0 Å². The van der Waals surface area contributed by atoms with Crippen molar-refractivity contribution in [1.29, 1.82) is 0 Å². The zero-order valence-electron chi connectivity index (χ0n) is 18.2. The van der Waals surface area contributed by atoms with Gasteiger partial charge in [-0.15, -0.1) is 0 Å². The number of rotatable bonds is 8. The minimum Gasteiger partial charge on any atom is -0.462 e. The first-order valence-corrected chi connectivity index (χ1v) is 10.8. The molecule has 0 aliphatic carbocycles. The molecule has 3 heterocycles. The molecule has 1 aromatic rings. The van der Waals surface area contributed by atoms with Gasteiger partial charge in [0.2, 0.25) is 0 Å². The van der Waals surface area contributed by atoms with Gasteiger partial charge in [0.1, 0.15) is 42.9 Å². The van der Waals surface area contributed by atoms with Crippen LogP contribution in [0.5, 0.6) is 0 Å². The Morgan fingerprint density at radius 2 is 1.73 bits per heavy atom. The summed E-state index contributed by atoms with van der Waals surface area (Å²) in [4.78, 5) is 25.3. The summed E-state index contributed by atoms with van der Waals surface area (Å²) in [5.74, 6) is -1.47. The molecule has 0 aromatic heterocycles. The Hall–Kier alpha value is -1.96. The molecule has 0 radical (unpaired) electrons. The van der Waals surface area contributed by atoms with E-state index in [1.54, 1.807) is 6.92 Å². The van der Waals surface area contributed by atoms with E-state index in [2.05, 4.69) is 14.1 Å². The van der Waals surface area contributed by atoms with Gasteiger partial charge in [-0.1, -0.05) is 30.3 Å². The Morgan fingerprint density at radius 1 is 1.10 bits per heavy atom. The van der Waals surface area contributed by atoms with Crippen LogP contribution in [0, 0.1) is 0 Å². The van der Waals surface area contributed by atoms with Gasteiger partial charge >= 0.3 is 11.9 Å². The van der Waals surface area contributed by atoms with Crippen molar-refractivity contribution < 1.29 is 33.0 Å². The highest BCUT2D eigenvalue weighted by Gasteiger charge is 2.70. The molecule has 2 bridgehead atoms. The highest BCUT2D eigenvalue weighted by Crippen LogP contribution is 2.51. The molecule has 3 aliphatic rings. The second kappa shape index (κ2) is 8.29. The van der Waals surface area contributed by atoms with Gasteiger partial charge in [0.15, 0.2) is 6.10 Å². The summed E-state index contributed by atoms with van der Waals surface area (Å²) >= 11 is 0. The number of ether oxygens (including phenoxy) is 4. The average molecular weight is 419 g/mol. The number of carbonyl (C=O) groups is 2. The van der Waals surface area contributed by atoms with Gasteiger partial charge in [0, 0.05) is 19.4 Å². The van der Waals surface area contributed by atoms with Crippen molar-refractivity contribution in [2.45, 2.75) is 69.1 Å². The lowest BCUT2D eigenvalue weighted by atomic mass is 9.95. The number of likely N-dealkylation sites (N-methyl/N-ethyl adjacent to an activating group) is 1. The van der Waals surface area contributed by atoms with E-state index >= 15 is 0 Å². The van der Waals surface area contributed by atoms with E-state index in [9.17, 15) is 9.59 Å². The maximum atomic E-state index is 13.1. The minimum absolute atomic E-state index is 0.0609. The number of hydrogen-bond donors (Lipinski definition) is 0. The van der Waals surface area contributed by atoms with Crippen LogP contribution in [0.4, 0.5) is 0 Å². The van der Waals surface area contributed by atoms with Gasteiger partial charge in [-0.3, -0.25) is 4.79 Å². The highest BCUT2D eigenvalue weighted by molar-refractivity contribution is 5.80. The summed E-state index contributed by atoms with van der Waals surface area (Å²) in [7, 11) is 4.49. The topological polar surface area (TPSA) is 74.4 Å². The SMILES string of the molecule is CCOC(C)C(=O)OCC(C(=O)OC1CC2C3OC3C(C1)[N+]2(C)C)c1ccccc1. The third kappa shape index (κ3) is 3.98. The molecule has 6 unspecified atom stereocenters. The summed E-state index contributed by atoms with van der Waals surface area (Å²) in [5.41, 5.74) is 0.778. The zero-order valence-corrected chi connectivity index (χ0v) is 18.2. The molecule has 7 heteroatoms. The summed E-state index contributed by atoms with van der Waals surface area (Å²) in [6, 6.07) is 10.1. The Bertz CT molecular complexity index is 761. The predicted octanol–water partition coefficient (Wildman–Crippen LogP) is 2.04. The Balaban J connectivity index is 1.41. The maximum absolute atomic E-state index is 13.1. The van der Waals surface area contributed by atoms with Crippen LogP contribution in [0.3, 0.4) is 0 Å². The predicted molar refractivity (Wildman–Crippen MR) is 109 cm³/mol. The van der Waals surface area contributed by atoms with Crippen molar-refractivity contribution in [3.05, 3.63) is 35.9 Å². The number of epoxide rings is 1. The highest BCUT2D eigenvalue weighted by atomic mass is 16.6. The van der Waals surface area contributed by atoms with Crippen molar-refractivity contribution in [1.82, 2.24) is 0 Å². The smallest absolute Gasteiger partial charge is 0.334 e. The number of carbonyl (C=O) groups excluding carboxylic acids is 2. The molecule has 30 heavy (non-hydrogen) atoms. The van der Waals surface area contributed by atoms with Crippen LogP contribution >= 0.6 is 0 Å². The first-order valence-electron chi connectivity index (χ1n) is 10.8. The van der Waals surface area contributed by atoms with Gasteiger partial charge < -0.3 is 23.4 Å². The summed E-state index contributed by atoms with van der Waals surface area (Å²) in [6.07, 6.45) is 1.43. The van der Waals surface area contributed by atoms with E-state index in [0.717, 1.165) is 22.9 Å². The fourth-order valence-corrected chi connectivity index (χ4v) is 5.13. The second-order valence-corrected chi connectivity index (χ2v) is 9.05. The van der Waals surface area contributed by atoms with Crippen molar-refractivity contribution in [2.75, 3.05) is 27.3 Å². The molecule has 0 amide bonds. The number of esters is 2. The van der Waals surface area contributed by atoms with E-state index in [-0.39, 0.29) is 18.7 Å². The quantitative estimate of drug-likeness (QED) is 0.365. The Morgan fingerprint density at radius 3 is 2.33 bits per heavy atom. The number of quaternary nitrogens is 1. The molecule has 164 valence electrons. The summed E-state index contributed by atoms with van der Waals surface area (Å²) < 4.78 is 23.4. The number of hydrogen-bond acceptors (Lipinski definition) is 6. The monoisotopic (exact) mass is 418 g/mol. The lowest BCUT2D eigenvalue weighted by Crippen LogP contribution is -2.60. The molecule has 4 rings (SSSR count). The first kappa shape index (κ1) is 21.3. The first-order chi connectivity index (χ1) is 14.3. The van der Waals surface area contributed by atoms with Crippen LogP contribution in [-0.4, -0.2) is 80.2 Å². The largest absolute Gasteiger partial charge is 0.462 e. The molecule has 3 aliphatic heterocycles. The average Bonchev–Trinajstić information content (AvgIpc) is 3.47. The number of benzene rings is 1. The van der Waals surface area contributed by atoms with E-state index < -0.39 is 18.0 Å². The fraction of sp³-hybridized carbons (Fsp3) is 0.652. The molecule has 7 nitrogen and oxygen atoms in total. The van der Waals surface area contributed by atoms with Crippen molar-refractivity contribution in [3.8, 4) is 0 Å². The van der Waals surface area contributed by atoms with Crippen LogP contribution in [0.1, 0.15) is 38.2 Å². The van der Waals surface area contributed by atoms with Gasteiger partial charge in [0.05, 0.1) is 14.1 Å². The standard InChI is InChI=1S/C23H32NO6/c1-5-27-14(2)22(25)28-13-17(15-9-7-6-8-10-15)23(26)29-16-11-18-20-21(30-20)19(12-16)24(18,3)4/h6-10,14,16-21H,5,11-13H2,1-4H3/q+1. The van der Waals surface area contributed by atoms with Crippen LogP contribution < -0.4 is 0 Å². The Labute approximate surface area is 177 Å². The molecular formula is C23H32NO6+. The molecule has 1 aromatic carbocycles. The van der Waals surface area contributed by atoms with Crippen molar-refractivity contribution in [3.63, 3.8) is 0 Å². The number of nitrogens with zero attached hydrogens (tertiary/aromatic N) is 1. The van der Waals surface area contributed by atoms with Crippen LogP contribution in [0.25, 0.3) is 0 Å². The van der Waals surface area contributed by atoms with Gasteiger partial charge in [-0.25, -0.2) is 4.79 Å². The maximum Gasteiger partial charge on any atom is 0.334 e. The lowest BCUT2D eigenvalue weighted by Gasteiger charge is -2.45. The van der Waals surface area contributed by atoms with E-state index in [4.69, 9.17) is 18.9 Å². The molecule has 0 saturated carbocycles. The van der Waals surface area contributed by atoms with Crippen molar-refractivity contribution >= 4 is 11.9 Å². The molecular weight excluding hydrogens is 386 g/mol. The second-order valence-electron chi connectivity index (χ2n) is 9.05. The van der Waals surface area contributed by atoms with E-state index in [1.165, 1.54) is 0 Å². The van der Waals surface area contributed by atoms with Crippen LogP contribution in [-0.2, 0) is 28.5 Å². The zero-order chi connectivity index (χ0) is 21.5. The lowest BCUT2D eigenvalue weighted by molar-refractivity contribution is -0.938. The number of fused-ring (bicyclic) bond motifs is 5. The van der Waals surface area contributed by atoms with Crippen molar-refractivity contribution in [2.24, 2.45) is 0 Å². The van der Waals surface area contributed by atoms with Crippen LogP contribution in [0.15, 0.2) is 30.3 Å². The van der Waals surface area contributed by atoms with E-state index in [1.807, 2.05) is 37.3 Å².